The number of pyridine rings is 1. The van der Waals surface area contributed by atoms with Crippen LogP contribution >= 0.6 is 0 Å². The van der Waals surface area contributed by atoms with E-state index in [-0.39, 0.29) is 17.3 Å². The van der Waals surface area contributed by atoms with E-state index in [2.05, 4.69) is 11.9 Å². The third kappa shape index (κ3) is 4.82. The molecule has 0 bridgehead atoms. The summed E-state index contributed by atoms with van der Waals surface area (Å²) in [6, 6.07) is 10.7. The van der Waals surface area contributed by atoms with E-state index in [9.17, 15) is 14.0 Å². The van der Waals surface area contributed by atoms with E-state index >= 15 is 0 Å². The van der Waals surface area contributed by atoms with Gasteiger partial charge in [0.2, 0.25) is 5.91 Å². The summed E-state index contributed by atoms with van der Waals surface area (Å²) in [5, 5.41) is 2.80. The average Bonchev–Trinajstić information content (AvgIpc) is 2.73. The van der Waals surface area contributed by atoms with Crippen molar-refractivity contribution in [3.8, 4) is 11.1 Å². The van der Waals surface area contributed by atoms with E-state index in [1.807, 2.05) is 51.2 Å². The van der Waals surface area contributed by atoms with Crippen LogP contribution in [-0.4, -0.2) is 10.5 Å². The van der Waals surface area contributed by atoms with Crippen molar-refractivity contribution in [2.45, 2.75) is 33.6 Å². The lowest BCUT2D eigenvalue weighted by atomic mass is 9.90. The number of benzene rings is 2. The van der Waals surface area contributed by atoms with E-state index in [1.165, 1.54) is 6.08 Å². The third-order valence-corrected chi connectivity index (χ3v) is 5.54. The average molecular weight is 419 g/mol. The maximum Gasteiger partial charge on any atom is 0.253 e. The minimum absolute atomic E-state index is 0.0193. The molecule has 0 radical (unpaired) electrons. The van der Waals surface area contributed by atoms with Crippen LogP contribution in [0.2, 0.25) is 0 Å². The lowest BCUT2D eigenvalue weighted by Gasteiger charge is -2.17. The van der Waals surface area contributed by atoms with Crippen LogP contribution in [0.4, 0.5) is 10.1 Å². The van der Waals surface area contributed by atoms with Crippen LogP contribution in [0.25, 0.3) is 11.1 Å². The number of nitrogens with zero attached hydrogens (tertiary/aromatic N) is 1. The van der Waals surface area contributed by atoms with Crippen LogP contribution in [0.15, 0.2) is 60.0 Å². The summed E-state index contributed by atoms with van der Waals surface area (Å²) < 4.78 is 15.4. The first-order valence-electron chi connectivity index (χ1n) is 10.2. The topological polar surface area (TPSA) is 51.1 Å². The van der Waals surface area contributed by atoms with E-state index < -0.39 is 0 Å². The highest BCUT2D eigenvalue weighted by atomic mass is 19.1. The molecular formula is C26H27FN2O2. The Bertz CT molecular complexity index is 1200. The largest absolute Gasteiger partial charge is 0.323 e. The fraction of sp³-hybridized carbons (Fsp3) is 0.231. The van der Waals surface area contributed by atoms with Crippen LogP contribution in [0, 0.1) is 19.7 Å². The summed E-state index contributed by atoms with van der Waals surface area (Å²) >= 11 is 0. The predicted octanol–water partition coefficient (Wildman–Crippen LogP) is 5.09. The number of carbonyl (C=O) groups excluding carboxylic acids is 1. The highest BCUT2D eigenvalue weighted by molar-refractivity contribution is 5.99. The molecule has 0 spiro atoms. The molecule has 0 aliphatic rings. The molecule has 31 heavy (non-hydrogen) atoms. The molecule has 0 saturated carbocycles. The van der Waals surface area contributed by atoms with Crippen LogP contribution < -0.4 is 10.9 Å². The van der Waals surface area contributed by atoms with Gasteiger partial charge in [0.25, 0.3) is 5.56 Å². The van der Waals surface area contributed by atoms with Gasteiger partial charge in [0.1, 0.15) is 5.82 Å². The van der Waals surface area contributed by atoms with Crippen molar-refractivity contribution in [1.82, 2.24) is 4.57 Å². The number of halogens is 1. The second kappa shape index (κ2) is 9.13. The Morgan fingerprint density at radius 3 is 2.42 bits per heavy atom. The van der Waals surface area contributed by atoms with Gasteiger partial charge < -0.3 is 9.88 Å². The minimum atomic E-state index is -0.293. The molecule has 160 valence electrons. The first-order chi connectivity index (χ1) is 14.7. The molecule has 0 atom stereocenters. The number of carbonyl (C=O) groups is 1. The summed E-state index contributed by atoms with van der Waals surface area (Å²) in [5.41, 5.74) is 7.01. The SMILES string of the molecule is C=CC(=O)Nc1ccc(Cc2c(C)cc(F)cc2C)c(-c2cc(CC)c(=O)n(C)c2)c1. The standard InChI is InChI=1S/C26H27FN2O2/c1-6-18-12-20(15-29(5)26(18)31)24-14-22(28-25(30)7-2)9-8-19(24)13-23-16(3)10-21(27)11-17(23)4/h7-12,14-15H,2,6,13H2,1,3-5H3,(H,28,30). The summed E-state index contributed by atoms with van der Waals surface area (Å²) in [7, 11) is 1.74. The van der Waals surface area contributed by atoms with Crippen molar-refractivity contribution in [3.05, 3.63) is 99.2 Å². The zero-order valence-electron chi connectivity index (χ0n) is 18.4. The molecule has 1 N–H and O–H groups in total. The molecule has 5 heteroatoms. The van der Waals surface area contributed by atoms with Crippen molar-refractivity contribution in [1.29, 1.82) is 0 Å². The van der Waals surface area contributed by atoms with Gasteiger partial charge in [-0.1, -0.05) is 19.6 Å². The summed E-state index contributed by atoms with van der Waals surface area (Å²) in [6.45, 7) is 9.27. The van der Waals surface area contributed by atoms with Gasteiger partial charge >= 0.3 is 0 Å². The van der Waals surface area contributed by atoms with Gasteiger partial charge in [-0.05, 0) is 96.5 Å². The fourth-order valence-electron chi connectivity index (χ4n) is 3.86. The first kappa shape index (κ1) is 22.2. The maximum atomic E-state index is 13.8. The highest BCUT2D eigenvalue weighted by Gasteiger charge is 2.14. The predicted molar refractivity (Wildman–Crippen MR) is 124 cm³/mol. The van der Waals surface area contributed by atoms with Crippen LogP contribution in [0.3, 0.4) is 0 Å². The normalized spacial score (nSPS) is 10.7. The first-order valence-corrected chi connectivity index (χ1v) is 10.2. The van der Waals surface area contributed by atoms with Gasteiger partial charge in [0.05, 0.1) is 0 Å². The summed E-state index contributed by atoms with van der Waals surface area (Å²) in [6.07, 6.45) is 4.26. The van der Waals surface area contributed by atoms with Crippen LogP contribution in [0.1, 0.15) is 34.7 Å². The summed E-state index contributed by atoms with van der Waals surface area (Å²) in [4.78, 5) is 24.2. The quantitative estimate of drug-likeness (QED) is 0.567. The molecule has 0 aliphatic carbocycles. The van der Waals surface area contributed by atoms with Gasteiger partial charge in [0, 0.05) is 24.5 Å². The molecule has 0 saturated heterocycles. The number of aromatic nitrogens is 1. The lowest BCUT2D eigenvalue weighted by Crippen LogP contribution is -2.20. The van der Waals surface area contributed by atoms with Gasteiger partial charge in [-0.3, -0.25) is 9.59 Å². The molecule has 3 aromatic rings. The van der Waals surface area contributed by atoms with Crippen LogP contribution in [0.5, 0.6) is 0 Å². The van der Waals surface area contributed by atoms with Gasteiger partial charge in [-0.2, -0.15) is 0 Å². The second-order valence-corrected chi connectivity index (χ2v) is 7.78. The van der Waals surface area contributed by atoms with Crippen molar-refractivity contribution in [2.24, 2.45) is 7.05 Å². The Hall–Kier alpha value is -3.47. The number of aryl methyl sites for hydroxylation is 4. The van der Waals surface area contributed by atoms with E-state index in [1.54, 1.807) is 23.7 Å². The summed E-state index contributed by atoms with van der Waals surface area (Å²) in [5.74, 6) is -0.536. The van der Waals surface area contributed by atoms with Gasteiger partial charge in [-0.15, -0.1) is 0 Å². The van der Waals surface area contributed by atoms with E-state index in [0.29, 0.717) is 18.5 Å². The van der Waals surface area contributed by atoms with Crippen molar-refractivity contribution >= 4 is 11.6 Å². The zero-order chi connectivity index (χ0) is 22.7. The Morgan fingerprint density at radius 2 is 1.81 bits per heavy atom. The number of hydrogen-bond donors (Lipinski definition) is 1. The van der Waals surface area contributed by atoms with Gasteiger partial charge in [-0.25, -0.2) is 4.39 Å². The second-order valence-electron chi connectivity index (χ2n) is 7.78. The minimum Gasteiger partial charge on any atom is -0.323 e. The molecule has 0 fully saturated rings. The molecular weight excluding hydrogens is 391 g/mol. The Morgan fingerprint density at radius 1 is 1.13 bits per heavy atom. The third-order valence-electron chi connectivity index (χ3n) is 5.54. The maximum absolute atomic E-state index is 13.8. The molecule has 0 unspecified atom stereocenters. The van der Waals surface area contributed by atoms with Crippen molar-refractivity contribution in [3.63, 3.8) is 0 Å². The Kier molecular flexibility index (Phi) is 6.54. The van der Waals surface area contributed by atoms with Gasteiger partial charge in [0.15, 0.2) is 0 Å². The Balaban J connectivity index is 2.18. The number of amides is 1. The van der Waals surface area contributed by atoms with E-state index in [0.717, 1.165) is 38.9 Å². The molecule has 1 amide bonds. The monoisotopic (exact) mass is 418 g/mol. The number of nitrogens with one attached hydrogen (secondary N) is 1. The lowest BCUT2D eigenvalue weighted by molar-refractivity contribution is -0.111. The molecule has 1 aromatic heterocycles. The smallest absolute Gasteiger partial charge is 0.253 e. The molecule has 0 aliphatic heterocycles. The van der Waals surface area contributed by atoms with E-state index in [4.69, 9.17) is 0 Å². The van der Waals surface area contributed by atoms with Crippen LogP contribution in [-0.2, 0) is 24.7 Å². The van der Waals surface area contributed by atoms with Crippen molar-refractivity contribution in [2.75, 3.05) is 5.32 Å². The number of anilines is 1. The van der Waals surface area contributed by atoms with Crippen molar-refractivity contribution < 1.29 is 9.18 Å². The molecule has 4 nitrogen and oxygen atoms in total. The Labute approximate surface area is 182 Å². The number of hydrogen-bond acceptors (Lipinski definition) is 2. The molecule has 1 heterocycles. The highest BCUT2D eigenvalue weighted by Crippen LogP contribution is 2.31. The molecule has 3 rings (SSSR count). The zero-order valence-corrected chi connectivity index (χ0v) is 18.4. The molecule has 2 aromatic carbocycles. The fourth-order valence-corrected chi connectivity index (χ4v) is 3.86. The number of rotatable bonds is 6.